The summed E-state index contributed by atoms with van der Waals surface area (Å²) in [5.41, 5.74) is 3.04. The lowest BCUT2D eigenvalue weighted by Gasteiger charge is -2.27. The molecule has 0 saturated heterocycles. The number of nitrogens with one attached hydrogen (secondary N) is 1. The summed E-state index contributed by atoms with van der Waals surface area (Å²) < 4.78 is 33.7. The number of furan rings is 1. The molecule has 46 heavy (non-hydrogen) atoms. The number of hydrogen-bond donors (Lipinski definition) is 1. The van der Waals surface area contributed by atoms with E-state index in [0.29, 0.717) is 67.2 Å². The van der Waals surface area contributed by atoms with Gasteiger partial charge < -0.3 is 18.8 Å². The van der Waals surface area contributed by atoms with Gasteiger partial charge in [0.05, 0.1) is 35.0 Å². The predicted octanol–water partition coefficient (Wildman–Crippen LogP) is 4.46. The molecular weight excluding hydrogens is 606 g/mol. The quantitative estimate of drug-likeness (QED) is 0.225. The van der Waals surface area contributed by atoms with Gasteiger partial charge in [-0.1, -0.05) is 24.3 Å². The number of carbonyl (C=O) groups excluding carboxylic acids is 2. The number of fused-ring (bicyclic) bond motifs is 2. The Morgan fingerprint density at radius 1 is 0.957 bits per heavy atom. The molecule has 0 atom stereocenters. The van der Waals surface area contributed by atoms with Gasteiger partial charge in [0, 0.05) is 39.4 Å². The summed E-state index contributed by atoms with van der Waals surface area (Å²) in [5.74, 6) is -0.464. The summed E-state index contributed by atoms with van der Waals surface area (Å²) in [6.45, 7) is 7.80. The molecule has 1 N–H and O–H groups in total. The van der Waals surface area contributed by atoms with Gasteiger partial charge in [-0.3, -0.25) is 24.0 Å². The number of hydrogen-bond acceptors (Lipinski definition) is 7. The third-order valence-corrected chi connectivity index (χ3v) is 9.11. The molecule has 244 valence electrons. The van der Waals surface area contributed by atoms with Gasteiger partial charge >= 0.3 is 0 Å². The molecule has 0 spiro atoms. The van der Waals surface area contributed by atoms with Gasteiger partial charge in [-0.15, -0.1) is 0 Å². The van der Waals surface area contributed by atoms with E-state index in [1.54, 1.807) is 65.7 Å². The largest absolute Gasteiger partial charge is 0.464 e. The number of para-hydroxylation sites is 1. The van der Waals surface area contributed by atoms with E-state index in [2.05, 4.69) is 9.62 Å². The van der Waals surface area contributed by atoms with Crippen molar-refractivity contribution in [2.24, 2.45) is 5.41 Å². The number of benzene rings is 2. The molecule has 4 aromatic rings. The van der Waals surface area contributed by atoms with Crippen LogP contribution in [0.4, 0.5) is 17.1 Å². The number of aryl methyl sites for hydroxylation is 1. The molecule has 0 unspecified atom stereocenters. The Kier molecular flexibility index (Phi) is 9.41. The summed E-state index contributed by atoms with van der Waals surface area (Å²) in [5, 5.41) is 0.523. The van der Waals surface area contributed by atoms with Crippen LogP contribution in [0.15, 0.2) is 76.3 Å². The minimum Gasteiger partial charge on any atom is -0.464 e. The smallest absolute Gasteiger partial charge is 0.261 e. The van der Waals surface area contributed by atoms with E-state index in [9.17, 15) is 22.8 Å². The minimum atomic E-state index is -3.48. The van der Waals surface area contributed by atoms with E-state index in [0.717, 1.165) is 23.8 Å². The molecule has 0 fully saturated rings. The summed E-state index contributed by atoms with van der Waals surface area (Å²) in [6, 6.07) is 16.6. The normalized spacial score (nSPS) is 15.0. The van der Waals surface area contributed by atoms with E-state index in [1.807, 2.05) is 37.3 Å². The van der Waals surface area contributed by atoms with Crippen molar-refractivity contribution in [1.82, 2.24) is 9.47 Å². The van der Waals surface area contributed by atoms with Crippen LogP contribution in [0.3, 0.4) is 0 Å². The first-order chi connectivity index (χ1) is 21.8. The summed E-state index contributed by atoms with van der Waals surface area (Å²) in [4.78, 5) is 45.0. The second-order valence-electron chi connectivity index (χ2n) is 12.3. The van der Waals surface area contributed by atoms with Crippen molar-refractivity contribution in [1.29, 1.82) is 0 Å². The summed E-state index contributed by atoms with van der Waals surface area (Å²) in [7, 11) is -1.76. The average molecular weight is 648 g/mol. The van der Waals surface area contributed by atoms with Crippen LogP contribution >= 0.6 is 0 Å². The van der Waals surface area contributed by atoms with Crippen LogP contribution in [0.25, 0.3) is 11.0 Å². The topological polar surface area (TPSA) is 125 Å². The lowest BCUT2D eigenvalue weighted by atomic mass is 9.90. The molecule has 12 heteroatoms. The monoisotopic (exact) mass is 647 g/mol. The summed E-state index contributed by atoms with van der Waals surface area (Å²) in [6.07, 6.45) is 5.82. The van der Waals surface area contributed by atoms with E-state index >= 15 is 0 Å². The molecule has 0 radical (unpaired) electrons. The Bertz CT molecular complexity index is 1930. The van der Waals surface area contributed by atoms with Crippen molar-refractivity contribution in [2.75, 3.05) is 47.5 Å². The fraction of sp³-hybridized carbons (Fsp3) is 0.382. The maximum Gasteiger partial charge on any atom is 0.261 e. The molecular formula is C34H41N5O6S. The van der Waals surface area contributed by atoms with Gasteiger partial charge in [0.1, 0.15) is 11.0 Å². The first-order valence-corrected chi connectivity index (χ1v) is 17.3. The SMILES string of the molecule is CCN1C(=O)C(C)(C)C(=O)N(C)c2cc(CCCN(CCn3ccc4occc4c3=O)Cc3ccccc3NS(C)(=O)=O)ccc21. The molecule has 2 aromatic carbocycles. The van der Waals surface area contributed by atoms with Crippen molar-refractivity contribution >= 4 is 49.9 Å². The van der Waals surface area contributed by atoms with Crippen molar-refractivity contribution in [3.05, 3.63) is 88.5 Å². The Labute approximate surface area is 269 Å². The summed E-state index contributed by atoms with van der Waals surface area (Å²) >= 11 is 0. The second-order valence-corrected chi connectivity index (χ2v) is 14.0. The zero-order valence-electron chi connectivity index (χ0n) is 26.9. The number of rotatable bonds is 12. The van der Waals surface area contributed by atoms with Crippen LogP contribution in [0, 0.1) is 5.41 Å². The standard InChI is InChI=1S/C34H41N5O6S/c1-6-39-28-14-13-24(22-29(28)36(4)32(41)34(2,3)33(39)42)10-9-17-37(23-25-11-7-8-12-27(25)35-46(5,43)44)19-20-38-18-15-30-26(31(38)40)16-21-45-30/h7-8,11-16,18,21-22,35H,6,9-10,17,19-20,23H2,1-5H3. The highest BCUT2D eigenvalue weighted by Crippen LogP contribution is 2.39. The molecule has 5 rings (SSSR count). The molecule has 2 aromatic heterocycles. The number of anilines is 3. The van der Waals surface area contributed by atoms with Crippen LogP contribution in [-0.2, 0) is 39.1 Å². The van der Waals surface area contributed by atoms with Crippen LogP contribution in [0.5, 0.6) is 0 Å². The third kappa shape index (κ3) is 6.87. The van der Waals surface area contributed by atoms with Crippen LogP contribution in [0.1, 0.15) is 38.3 Å². The van der Waals surface area contributed by atoms with Crippen molar-refractivity contribution in [3.63, 3.8) is 0 Å². The fourth-order valence-electron chi connectivity index (χ4n) is 6.01. The van der Waals surface area contributed by atoms with Crippen molar-refractivity contribution < 1.29 is 22.4 Å². The molecule has 1 aliphatic heterocycles. The zero-order valence-corrected chi connectivity index (χ0v) is 27.8. The number of nitrogens with zero attached hydrogens (tertiary/aromatic N) is 4. The predicted molar refractivity (Wildman–Crippen MR) is 181 cm³/mol. The van der Waals surface area contributed by atoms with E-state index in [-0.39, 0.29) is 17.4 Å². The lowest BCUT2D eigenvalue weighted by molar-refractivity contribution is -0.137. The van der Waals surface area contributed by atoms with Gasteiger partial charge in [0.25, 0.3) is 5.56 Å². The zero-order chi connectivity index (χ0) is 33.2. The molecule has 1 aliphatic rings. The minimum absolute atomic E-state index is 0.128. The number of amides is 2. The van der Waals surface area contributed by atoms with Gasteiger partial charge in [-0.25, -0.2) is 8.42 Å². The molecule has 11 nitrogen and oxygen atoms in total. The molecule has 3 heterocycles. The maximum absolute atomic E-state index is 13.3. The third-order valence-electron chi connectivity index (χ3n) is 8.52. The van der Waals surface area contributed by atoms with Gasteiger partial charge in [-0.2, -0.15) is 0 Å². The van der Waals surface area contributed by atoms with Crippen molar-refractivity contribution in [3.8, 4) is 0 Å². The molecule has 0 bridgehead atoms. The van der Waals surface area contributed by atoms with Gasteiger partial charge in [-0.05, 0) is 81.6 Å². The van der Waals surface area contributed by atoms with Gasteiger partial charge in [0.15, 0.2) is 0 Å². The number of pyridine rings is 1. The fourth-order valence-corrected chi connectivity index (χ4v) is 6.61. The number of carbonyl (C=O) groups is 2. The van der Waals surface area contributed by atoms with Crippen molar-refractivity contribution in [2.45, 2.75) is 46.7 Å². The van der Waals surface area contributed by atoms with E-state index in [1.165, 1.54) is 6.26 Å². The Balaban J connectivity index is 1.36. The number of sulfonamides is 1. The maximum atomic E-state index is 13.3. The Morgan fingerprint density at radius 2 is 1.72 bits per heavy atom. The van der Waals surface area contributed by atoms with E-state index in [4.69, 9.17) is 4.42 Å². The Morgan fingerprint density at radius 3 is 2.46 bits per heavy atom. The van der Waals surface area contributed by atoms with Crippen LogP contribution in [-0.4, -0.2) is 62.6 Å². The highest BCUT2D eigenvalue weighted by Gasteiger charge is 2.45. The molecule has 0 saturated carbocycles. The number of aromatic nitrogens is 1. The molecule has 2 amide bonds. The highest BCUT2D eigenvalue weighted by molar-refractivity contribution is 7.92. The van der Waals surface area contributed by atoms with Crippen LogP contribution < -0.4 is 20.1 Å². The average Bonchev–Trinajstić information content (AvgIpc) is 3.49. The highest BCUT2D eigenvalue weighted by atomic mass is 32.2. The lowest BCUT2D eigenvalue weighted by Crippen LogP contribution is -2.47. The molecule has 0 aliphatic carbocycles. The van der Waals surface area contributed by atoms with E-state index < -0.39 is 15.4 Å². The second kappa shape index (κ2) is 13.1. The van der Waals surface area contributed by atoms with Crippen LogP contribution in [0.2, 0.25) is 0 Å². The van der Waals surface area contributed by atoms with Gasteiger partial charge in [0.2, 0.25) is 21.8 Å². The Hall–Kier alpha value is -4.42. The first kappa shape index (κ1) is 33.0. The first-order valence-electron chi connectivity index (χ1n) is 15.4.